The fourth-order valence-corrected chi connectivity index (χ4v) is 2.24. The highest BCUT2D eigenvalue weighted by atomic mass is 35.5. The summed E-state index contributed by atoms with van der Waals surface area (Å²) >= 11 is 5.76. The van der Waals surface area contributed by atoms with Gasteiger partial charge in [-0.25, -0.2) is 0 Å². The molecule has 1 fully saturated rings. The zero-order valence-electron chi connectivity index (χ0n) is 8.89. The van der Waals surface area contributed by atoms with Crippen LogP contribution in [0.4, 0.5) is 4.39 Å². The Kier molecular flexibility index (Phi) is 3.21. The molecule has 5 heteroatoms. The van der Waals surface area contributed by atoms with Crippen molar-refractivity contribution in [1.82, 2.24) is 5.32 Å². The summed E-state index contributed by atoms with van der Waals surface area (Å²) in [6.45, 7) is 1.67. The first-order valence-electron chi connectivity index (χ1n) is 5.10. The number of benzene rings is 1. The van der Waals surface area contributed by atoms with E-state index in [4.69, 9.17) is 16.3 Å². The Balaban J connectivity index is 2.50. The van der Waals surface area contributed by atoms with Gasteiger partial charge in [0.25, 0.3) is 0 Å². The highest BCUT2D eigenvalue weighted by Crippen LogP contribution is 2.40. The van der Waals surface area contributed by atoms with Crippen LogP contribution in [0.25, 0.3) is 0 Å². The van der Waals surface area contributed by atoms with Gasteiger partial charge in [0.05, 0.1) is 12.1 Å². The lowest BCUT2D eigenvalue weighted by atomic mass is 9.97. The third kappa shape index (κ3) is 1.83. The zero-order valence-corrected chi connectivity index (χ0v) is 9.64. The number of methoxy groups -OCH3 is 1. The summed E-state index contributed by atoms with van der Waals surface area (Å²) in [5, 5.41) is 12.6. The molecule has 1 aromatic carbocycles. The first kappa shape index (κ1) is 11.5. The van der Waals surface area contributed by atoms with Crippen LogP contribution >= 0.6 is 11.6 Å². The summed E-state index contributed by atoms with van der Waals surface area (Å²) in [5.41, 5.74) is 0.716. The number of ether oxygens (including phenoxy) is 1. The Labute approximate surface area is 98.2 Å². The summed E-state index contributed by atoms with van der Waals surface area (Å²) < 4.78 is 18.7. The van der Waals surface area contributed by atoms with Crippen LogP contribution in [0, 0.1) is 5.82 Å². The molecule has 0 aromatic heterocycles. The van der Waals surface area contributed by atoms with E-state index < -0.39 is 11.6 Å². The normalized spacial score (nSPS) is 20.1. The summed E-state index contributed by atoms with van der Waals surface area (Å²) in [6.07, 6.45) is 0.914. The third-order valence-corrected chi connectivity index (χ3v) is 3.17. The Hall–Kier alpha value is -1.00. The van der Waals surface area contributed by atoms with Gasteiger partial charge < -0.3 is 15.2 Å². The largest absolute Gasteiger partial charge is 0.504 e. The number of aromatic hydroxyl groups is 1. The molecule has 0 bridgehead atoms. The molecule has 1 heterocycles. The van der Waals surface area contributed by atoms with Gasteiger partial charge in [0, 0.05) is 18.0 Å². The maximum Gasteiger partial charge on any atom is 0.208 e. The summed E-state index contributed by atoms with van der Waals surface area (Å²) in [4.78, 5) is 0. The van der Waals surface area contributed by atoms with E-state index in [1.54, 1.807) is 6.07 Å². The Morgan fingerprint density at radius 1 is 1.62 bits per heavy atom. The molecule has 1 saturated heterocycles. The van der Waals surface area contributed by atoms with Gasteiger partial charge in [-0.05, 0) is 19.0 Å². The number of phenols is 1. The van der Waals surface area contributed by atoms with Crippen LogP contribution in [0.15, 0.2) is 6.07 Å². The van der Waals surface area contributed by atoms with Gasteiger partial charge in [-0.15, -0.1) is 0 Å². The van der Waals surface area contributed by atoms with Crippen LogP contribution in [0.3, 0.4) is 0 Å². The maximum atomic E-state index is 13.7. The number of phenolic OH excluding ortho intramolecular Hbond substituents is 1. The molecule has 1 aliphatic heterocycles. The van der Waals surface area contributed by atoms with Crippen molar-refractivity contribution >= 4 is 11.6 Å². The molecule has 2 rings (SSSR count). The van der Waals surface area contributed by atoms with Crippen LogP contribution in [0.2, 0.25) is 5.02 Å². The molecular weight excluding hydrogens is 233 g/mol. The molecule has 3 nitrogen and oxygen atoms in total. The highest BCUT2D eigenvalue weighted by molar-refractivity contribution is 6.32. The summed E-state index contributed by atoms with van der Waals surface area (Å²) in [7, 11) is 1.39. The predicted octanol–water partition coefficient (Wildman–Crippen LogP) is 2.27. The molecule has 0 amide bonds. The minimum Gasteiger partial charge on any atom is -0.504 e. The predicted molar refractivity (Wildman–Crippen MR) is 59.9 cm³/mol. The number of hydrogen-bond acceptors (Lipinski definition) is 3. The van der Waals surface area contributed by atoms with Gasteiger partial charge in [0.1, 0.15) is 0 Å². The molecule has 1 atom stereocenters. The second kappa shape index (κ2) is 4.47. The van der Waals surface area contributed by atoms with Gasteiger partial charge in [0.2, 0.25) is 5.82 Å². The molecule has 1 aliphatic rings. The summed E-state index contributed by atoms with van der Waals surface area (Å²) in [5.74, 6) is -1.05. The molecule has 2 N–H and O–H groups in total. The van der Waals surface area contributed by atoms with Crippen molar-refractivity contribution in [3.63, 3.8) is 0 Å². The monoisotopic (exact) mass is 245 g/mol. The van der Waals surface area contributed by atoms with E-state index >= 15 is 0 Å². The third-order valence-electron chi connectivity index (χ3n) is 2.88. The zero-order chi connectivity index (χ0) is 11.7. The van der Waals surface area contributed by atoms with Crippen molar-refractivity contribution in [2.24, 2.45) is 0 Å². The fourth-order valence-electron chi connectivity index (χ4n) is 2.04. The molecule has 0 radical (unpaired) electrons. The Morgan fingerprint density at radius 3 is 2.94 bits per heavy atom. The SMILES string of the molecule is COc1c(C2CCNC2)cc(Cl)c(O)c1F. The second-order valence-electron chi connectivity index (χ2n) is 3.83. The standard InChI is InChI=1S/C11H13ClFNO2/c1-16-11-7(6-2-3-14-5-6)4-8(12)10(15)9(11)13/h4,6,14-15H,2-3,5H2,1H3. The van der Waals surface area contributed by atoms with Gasteiger partial charge in [-0.1, -0.05) is 11.6 Å². The van der Waals surface area contributed by atoms with E-state index in [0.717, 1.165) is 19.5 Å². The van der Waals surface area contributed by atoms with E-state index in [9.17, 15) is 9.50 Å². The van der Waals surface area contributed by atoms with E-state index in [-0.39, 0.29) is 16.7 Å². The first-order chi connectivity index (χ1) is 7.65. The second-order valence-corrected chi connectivity index (χ2v) is 4.24. The van der Waals surface area contributed by atoms with Crippen LogP contribution < -0.4 is 10.1 Å². The van der Waals surface area contributed by atoms with Crippen molar-refractivity contribution in [3.05, 3.63) is 22.5 Å². The topological polar surface area (TPSA) is 41.5 Å². The highest BCUT2D eigenvalue weighted by Gasteiger charge is 2.25. The Bertz CT molecular complexity index is 405. The minimum absolute atomic E-state index is 0.0280. The lowest BCUT2D eigenvalue weighted by Gasteiger charge is -2.16. The maximum absolute atomic E-state index is 13.7. The van der Waals surface area contributed by atoms with Crippen LogP contribution in [-0.4, -0.2) is 25.3 Å². The number of nitrogens with one attached hydrogen (secondary N) is 1. The average Bonchev–Trinajstić information content (AvgIpc) is 2.79. The molecule has 1 unspecified atom stereocenters. The van der Waals surface area contributed by atoms with Crippen molar-refractivity contribution in [2.75, 3.05) is 20.2 Å². The van der Waals surface area contributed by atoms with Crippen molar-refractivity contribution in [2.45, 2.75) is 12.3 Å². The molecule has 0 saturated carbocycles. The first-order valence-corrected chi connectivity index (χ1v) is 5.48. The molecule has 88 valence electrons. The van der Waals surface area contributed by atoms with E-state index in [1.807, 2.05) is 0 Å². The van der Waals surface area contributed by atoms with Gasteiger partial charge in [-0.2, -0.15) is 4.39 Å². The van der Waals surface area contributed by atoms with E-state index in [0.29, 0.717) is 5.56 Å². The lowest BCUT2D eigenvalue weighted by molar-refractivity contribution is 0.358. The fraction of sp³-hybridized carbons (Fsp3) is 0.455. The van der Waals surface area contributed by atoms with Crippen LogP contribution in [-0.2, 0) is 0 Å². The molecule has 0 aliphatic carbocycles. The molecule has 16 heavy (non-hydrogen) atoms. The molecular formula is C11H13ClFNO2. The van der Waals surface area contributed by atoms with Crippen LogP contribution in [0.1, 0.15) is 17.9 Å². The number of rotatable bonds is 2. The minimum atomic E-state index is -0.781. The number of hydrogen-bond donors (Lipinski definition) is 2. The lowest BCUT2D eigenvalue weighted by Crippen LogP contribution is -2.09. The van der Waals surface area contributed by atoms with Crippen molar-refractivity contribution in [3.8, 4) is 11.5 Å². The molecule has 1 aromatic rings. The number of halogens is 2. The quantitative estimate of drug-likeness (QED) is 0.840. The van der Waals surface area contributed by atoms with E-state index in [1.165, 1.54) is 7.11 Å². The van der Waals surface area contributed by atoms with Crippen molar-refractivity contribution < 1.29 is 14.2 Å². The van der Waals surface area contributed by atoms with E-state index in [2.05, 4.69) is 5.32 Å². The molecule has 0 spiro atoms. The van der Waals surface area contributed by atoms with Crippen molar-refractivity contribution in [1.29, 1.82) is 0 Å². The van der Waals surface area contributed by atoms with Gasteiger partial charge >= 0.3 is 0 Å². The van der Waals surface area contributed by atoms with Gasteiger partial charge in [-0.3, -0.25) is 0 Å². The van der Waals surface area contributed by atoms with Gasteiger partial charge in [0.15, 0.2) is 11.5 Å². The van der Waals surface area contributed by atoms with Crippen LogP contribution in [0.5, 0.6) is 11.5 Å². The summed E-state index contributed by atoms with van der Waals surface area (Å²) in [6, 6.07) is 1.58. The Morgan fingerprint density at radius 2 is 2.38 bits per heavy atom. The average molecular weight is 246 g/mol. The smallest absolute Gasteiger partial charge is 0.208 e.